The van der Waals surface area contributed by atoms with E-state index in [1.807, 2.05) is 53.3 Å². The third kappa shape index (κ3) is 3.65. The zero-order valence-corrected chi connectivity index (χ0v) is 14.2. The highest BCUT2D eigenvalue weighted by Crippen LogP contribution is 2.30. The van der Waals surface area contributed by atoms with Crippen molar-refractivity contribution < 1.29 is 9.53 Å². The predicted molar refractivity (Wildman–Crippen MR) is 97.6 cm³/mol. The fourth-order valence-corrected chi connectivity index (χ4v) is 2.88. The molecule has 1 atom stereocenters. The molecular weight excluding hydrogens is 314 g/mol. The van der Waals surface area contributed by atoms with Crippen LogP contribution in [0, 0.1) is 5.92 Å². The van der Waals surface area contributed by atoms with Crippen molar-refractivity contribution in [2.24, 2.45) is 5.92 Å². The normalized spacial score (nSPS) is 15.1. The molecule has 0 bridgehead atoms. The van der Waals surface area contributed by atoms with Crippen LogP contribution in [-0.4, -0.2) is 21.8 Å². The Balaban J connectivity index is 1.42. The van der Waals surface area contributed by atoms with Gasteiger partial charge in [0.1, 0.15) is 5.75 Å². The van der Waals surface area contributed by atoms with Gasteiger partial charge in [-0.05, 0) is 37.1 Å². The molecule has 1 aromatic heterocycles. The lowest BCUT2D eigenvalue weighted by Gasteiger charge is -2.15. The molecule has 1 saturated carbocycles. The fraction of sp³-hybridized carbons (Fsp3) is 0.300. The molecule has 0 radical (unpaired) electrons. The standard InChI is InChI=1S/C20H21N3O2/c1-14(25-19-8-4-6-16-5-2-3-7-18(16)19)20(24)22-17-11-21-23(13-17)12-15-9-10-15/h2-8,11,13-15H,9-10,12H2,1H3,(H,22,24). The van der Waals surface area contributed by atoms with Crippen molar-refractivity contribution in [3.63, 3.8) is 0 Å². The Hall–Kier alpha value is -2.82. The van der Waals surface area contributed by atoms with Crippen LogP contribution in [0.1, 0.15) is 19.8 Å². The molecule has 1 unspecified atom stereocenters. The topological polar surface area (TPSA) is 56.1 Å². The molecule has 1 aliphatic rings. The van der Waals surface area contributed by atoms with E-state index in [4.69, 9.17) is 4.74 Å². The smallest absolute Gasteiger partial charge is 0.265 e. The Bertz CT molecular complexity index is 893. The highest BCUT2D eigenvalue weighted by Gasteiger charge is 2.22. The fourth-order valence-electron chi connectivity index (χ4n) is 2.88. The van der Waals surface area contributed by atoms with Crippen LogP contribution in [0.5, 0.6) is 5.75 Å². The van der Waals surface area contributed by atoms with Gasteiger partial charge in [0.15, 0.2) is 6.10 Å². The van der Waals surface area contributed by atoms with Crippen molar-refractivity contribution in [3.8, 4) is 5.75 Å². The second kappa shape index (κ2) is 6.59. The lowest BCUT2D eigenvalue weighted by molar-refractivity contribution is -0.122. The summed E-state index contributed by atoms with van der Waals surface area (Å²) >= 11 is 0. The van der Waals surface area contributed by atoms with Gasteiger partial charge in [-0.15, -0.1) is 0 Å². The maximum Gasteiger partial charge on any atom is 0.265 e. The molecule has 0 aliphatic heterocycles. The summed E-state index contributed by atoms with van der Waals surface area (Å²) in [4.78, 5) is 12.4. The number of hydrogen-bond acceptors (Lipinski definition) is 3. The van der Waals surface area contributed by atoms with E-state index in [-0.39, 0.29) is 5.91 Å². The number of aromatic nitrogens is 2. The summed E-state index contributed by atoms with van der Waals surface area (Å²) < 4.78 is 7.80. The number of benzene rings is 2. The SMILES string of the molecule is CC(Oc1cccc2ccccc12)C(=O)Nc1cnn(CC2CC2)c1. The summed E-state index contributed by atoms with van der Waals surface area (Å²) in [6.45, 7) is 2.68. The second-order valence-corrected chi connectivity index (χ2v) is 6.62. The summed E-state index contributed by atoms with van der Waals surface area (Å²) in [5.74, 6) is 1.28. The Kier molecular flexibility index (Phi) is 4.14. The third-order valence-electron chi connectivity index (χ3n) is 4.47. The van der Waals surface area contributed by atoms with E-state index < -0.39 is 6.10 Å². The highest BCUT2D eigenvalue weighted by atomic mass is 16.5. The molecule has 128 valence electrons. The molecule has 1 heterocycles. The largest absolute Gasteiger partial charge is 0.480 e. The van der Waals surface area contributed by atoms with Crippen LogP contribution in [0.25, 0.3) is 10.8 Å². The molecule has 1 N–H and O–H groups in total. The van der Waals surface area contributed by atoms with Gasteiger partial charge in [0.05, 0.1) is 11.9 Å². The first-order chi connectivity index (χ1) is 12.2. The Morgan fingerprint density at radius 1 is 1.28 bits per heavy atom. The van der Waals surface area contributed by atoms with E-state index >= 15 is 0 Å². The number of nitrogens with one attached hydrogen (secondary N) is 1. The Morgan fingerprint density at radius 2 is 2.08 bits per heavy atom. The van der Waals surface area contributed by atoms with Gasteiger partial charge in [0.25, 0.3) is 5.91 Å². The number of carbonyl (C=O) groups is 1. The monoisotopic (exact) mass is 335 g/mol. The van der Waals surface area contributed by atoms with Gasteiger partial charge in [0.2, 0.25) is 0 Å². The molecule has 1 amide bonds. The Morgan fingerprint density at radius 3 is 2.92 bits per heavy atom. The van der Waals surface area contributed by atoms with Gasteiger partial charge < -0.3 is 10.1 Å². The zero-order chi connectivity index (χ0) is 17.2. The number of carbonyl (C=O) groups excluding carboxylic acids is 1. The van der Waals surface area contributed by atoms with Crippen LogP contribution in [0.15, 0.2) is 54.9 Å². The summed E-state index contributed by atoms with van der Waals surface area (Å²) in [6, 6.07) is 13.8. The molecule has 5 heteroatoms. The lowest BCUT2D eigenvalue weighted by atomic mass is 10.1. The number of nitrogens with zero attached hydrogens (tertiary/aromatic N) is 2. The summed E-state index contributed by atoms with van der Waals surface area (Å²) in [5, 5.41) is 9.26. The van der Waals surface area contributed by atoms with Gasteiger partial charge >= 0.3 is 0 Å². The second-order valence-electron chi connectivity index (χ2n) is 6.62. The number of ether oxygens (including phenoxy) is 1. The van der Waals surface area contributed by atoms with Crippen LogP contribution in [0.3, 0.4) is 0 Å². The van der Waals surface area contributed by atoms with E-state index in [0.717, 1.165) is 23.2 Å². The first kappa shape index (κ1) is 15.7. The summed E-state index contributed by atoms with van der Waals surface area (Å²) in [5.41, 5.74) is 0.707. The maximum absolute atomic E-state index is 12.4. The van der Waals surface area contributed by atoms with Crippen molar-refractivity contribution in [2.45, 2.75) is 32.4 Å². The van der Waals surface area contributed by atoms with E-state index in [0.29, 0.717) is 11.4 Å². The van der Waals surface area contributed by atoms with Crippen molar-refractivity contribution in [2.75, 3.05) is 5.32 Å². The first-order valence-electron chi connectivity index (χ1n) is 8.67. The minimum atomic E-state index is -0.599. The first-order valence-corrected chi connectivity index (χ1v) is 8.67. The van der Waals surface area contributed by atoms with Crippen LogP contribution in [-0.2, 0) is 11.3 Å². The van der Waals surface area contributed by atoms with Gasteiger partial charge in [-0.1, -0.05) is 36.4 Å². The maximum atomic E-state index is 12.4. The average Bonchev–Trinajstić information content (AvgIpc) is 3.33. The molecule has 1 aliphatic carbocycles. The van der Waals surface area contributed by atoms with Crippen molar-refractivity contribution >= 4 is 22.4 Å². The molecule has 0 saturated heterocycles. The zero-order valence-electron chi connectivity index (χ0n) is 14.2. The van der Waals surface area contributed by atoms with Gasteiger partial charge in [-0.2, -0.15) is 5.10 Å². The van der Waals surface area contributed by atoms with Crippen LogP contribution in [0.4, 0.5) is 5.69 Å². The summed E-state index contributed by atoms with van der Waals surface area (Å²) in [7, 11) is 0. The number of rotatable bonds is 6. The number of amides is 1. The van der Waals surface area contributed by atoms with Crippen LogP contribution >= 0.6 is 0 Å². The molecular formula is C20H21N3O2. The Labute approximate surface area is 146 Å². The quantitative estimate of drug-likeness (QED) is 0.744. The molecule has 5 nitrogen and oxygen atoms in total. The highest BCUT2D eigenvalue weighted by molar-refractivity contribution is 5.94. The third-order valence-corrected chi connectivity index (χ3v) is 4.47. The minimum absolute atomic E-state index is 0.182. The molecule has 25 heavy (non-hydrogen) atoms. The van der Waals surface area contributed by atoms with E-state index in [1.165, 1.54) is 12.8 Å². The van der Waals surface area contributed by atoms with Gasteiger partial charge in [0, 0.05) is 18.1 Å². The molecule has 1 fully saturated rings. The lowest BCUT2D eigenvalue weighted by Crippen LogP contribution is -2.30. The minimum Gasteiger partial charge on any atom is -0.480 e. The van der Waals surface area contributed by atoms with Crippen LogP contribution < -0.4 is 10.1 Å². The molecule has 3 aromatic rings. The van der Waals surface area contributed by atoms with Crippen molar-refractivity contribution in [1.29, 1.82) is 0 Å². The number of fused-ring (bicyclic) bond motifs is 1. The molecule has 2 aromatic carbocycles. The van der Waals surface area contributed by atoms with E-state index in [9.17, 15) is 4.79 Å². The van der Waals surface area contributed by atoms with E-state index in [2.05, 4.69) is 10.4 Å². The molecule has 0 spiro atoms. The predicted octanol–water partition coefficient (Wildman–Crippen LogP) is 3.85. The average molecular weight is 335 g/mol. The summed E-state index contributed by atoms with van der Waals surface area (Å²) in [6.07, 6.45) is 5.51. The number of hydrogen-bond donors (Lipinski definition) is 1. The number of anilines is 1. The molecule has 4 rings (SSSR count). The van der Waals surface area contributed by atoms with Crippen molar-refractivity contribution in [1.82, 2.24) is 9.78 Å². The van der Waals surface area contributed by atoms with Crippen molar-refractivity contribution in [3.05, 3.63) is 54.9 Å². The van der Waals surface area contributed by atoms with E-state index in [1.54, 1.807) is 13.1 Å². The van der Waals surface area contributed by atoms with Gasteiger partial charge in [-0.3, -0.25) is 9.48 Å². The van der Waals surface area contributed by atoms with Gasteiger partial charge in [-0.25, -0.2) is 0 Å². The van der Waals surface area contributed by atoms with Crippen LogP contribution in [0.2, 0.25) is 0 Å².